The molecule has 7 rings (SSSR count). The summed E-state index contributed by atoms with van der Waals surface area (Å²) in [5.41, 5.74) is 2.41. The van der Waals surface area contributed by atoms with E-state index in [1.807, 2.05) is 25.1 Å². The number of hydrogen-bond donors (Lipinski definition) is 2. The lowest BCUT2D eigenvalue weighted by Gasteiger charge is -2.52. The van der Waals surface area contributed by atoms with Crippen molar-refractivity contribution in [3.63, 3.8) is 0 Å². The first kappa shape index (κ1) is 22.2. The Hall–Kier alpha value is -2.98. The summed E-state index contributed by atoms with van der Waals surface area (Å²) < 4.78 is 41.9. The Bertz CT molecular complexity index is 1290. The van der Waals surface area contributed by atoms with Gasteiger partial charge in [0.05, 0.1) is 20.1 Å². The number of methoxy groups -OCH3 is 2. The minimum absolute atomic E-state index is 0.140. The van der Waals surface area contributed by atoms with E-state index in [2.05, 4.69) is 6.58 Å². The van der Waals surface area contributed by atoms with Gasteiger partial charge in [0.2, 0.25) is 12.1 Å². The second kappa shape index (κ2) is 7.29. The summed E-state index contributed by atoms with van der Waals surface area (Å²) in [6, 6.07) is 7.52. The van der Waals surface area contributed by atoms with Crippen molar-refractivity contribution in [2.45, 2.75) is 61.7 Å². The first-order valence-electron chi connectivity index (χ1n) is 12.1. The number of epoxide rings is 1. The summed E-state index contributed by atoms with van der Waals surface area (Å²) in [6.45, 7) is 6.27. The molecular formula is C27H28O9. The van der Waals surface area contributed by atoms with E-state index in [0.29, 0.717) is 35.8 Å². The van der Waals surface area contributed by atoms with Crippen LogP contribution in [0.1, 0.15) is 36.0 Å². The van der Waals surface area contributed by atoms with Gasteiger partial charge < -0.3 is 43.4 Å². The van der Waals surface area contributed by atoms with Gasteiger partial charge in [0.1, 0.15) is 47.8 Å². The predicted octanol–water partition coefficient (Wildman–Crippen LogP) is 2.54. The third-order valence-corrected chi connectivity index (χ3v) is 8.18. The smallest absolute Gasteiger partial charge is 0.245 e. The predicted molar refractivity (Wildman–Crippen MR) is 125 cm³/mol. The van der Waals surface area contributed by atoms with E-state index in [1.54, 1.807) is 20.3 Å². The Kier molecular flexibility index (Phi) is 4.50. The lowest BCUT2D eigenvalue weighted by Crippen LogP contribution is -2.58. The van der Waals surface area contributed by atoms with Crippen molar-refractivity contribution in [3.8, 4) is 28.7 Å². The van der Waals surface area contributed by atoms with E-state index in [1.165, 1.54) is 0 Å². The average Bonchev–Trinajstić information content (AvgIpc) is 3.33. The van der Waals surface area contributed by atoms with E-state index < -0.39 is 29.9 Å². The number of aliphatic hydroxyl groups excluding tert-OH is 1. The van der Waals surface area contributed by atoms with Crippen LogP contribution in [0.2, 0.25) is 0 Å². The van der Waals surface area contributed by atoms with Gasteiger partial charge in [-0.3, -0.25) is 0 Å². The molecule has 0 bridgehead atoms. The summed E-state index contributed by atoms with van der Waals surface area (Å²) >= 11 is 0. The van der Waals surface area contributed by atoms with Gasteiger partial charge in [0.25, 0.3) is 0 Å². The second-order valence-corrected chi connectivity index (χ2v) is 10.2. The Morgan fingerprint density at radius 1 is 1.08 bits per heavy atom. The van der Waals surface area contributed by atoms with Gasteiger partial charge in [-0.1, -0.05) is 6.58 Å². The Labute approximate surface area is 208 Å². The molecule has 1 spiro atoms. The molecule has 2 aromatic carbocycles. The Morgan fingerprint density at radius 3 is 2.58 bits per heavy atom. The molecular weight excluding hydrogens is 468 g/mol. The molecule has 2 N–H and O–H groups in total. The minimum Gasteiger partial charge on any atom is -0.493 e. The normalized spacial score (nSPS) is 36.6. The summed E-state index contributed by atoms with van der Waals surface area (Å²) in [5.74, 6) is 1.06. The molecule has 5 heterocycles. The maximum atomic E-state index is 10.9. The molecule has 0 unspecified atom stereocenters. The van der Waals surface area contributed by atoms with Crippen LogP contribution in [-0.2, 0) is 21.5 Å². The molecule has 5 aliphatic heterocycles. The van der Waals surface area contributed by atoms with Gasteiger partial charge in [-0.2, -0.15) is 0 Å². The van der Waals surface area contributed by atoms with Crippen LogP contribution >= 0.6 is 0 Å². The molecule has 36 heavy (non-hydrogen) atoms. The third-order valence-electron chi connectivity index (χ3n) is 8.18. The van der Waals surface area contributed by atoms with Gasteiger partial charge in [0.15, 0.2) is 11.5 Å². The van der Waals surface area contributed by atoms with Gasteiger partial charge in [-0.05, 0) is 30.7 Å². The van der Waals surface area contributed by atoms with E-state index in [4.69, 9.17) is 33.2 Å². The van der Waals surface area contributed by atoms with Crippen LogP contribution in [0, 0.1) is 0 Å². The quantitative estimate of drug-likeness (QED) is 0.490. The van der Waals surface area contributed by atoms with Gasteiger partial charge in [0, 0.05) is 35.6 Å². The number of rotatable bonds is 3. The fraction of sp³-hybridized carbons (Fsp3) is 0.481. The maximum Gasteiger partial charge on any atom is 0.245 e. The van der Waals surface area contributed by atoms with Crippen molar-refractivity contribution in [2.24, 2.45) is 0 Å². The monoisotopic (exact) mass is 496 g/mol. The van der Waals surface area contributed by atoms with Crippen LogP contribution in [0.4, 0.5) is 0 Å². The van der Waals surface area contributed by atoms with Crippen LogP contribution in [0.25, 0.3) is 0 Å². The van der Waals surface area contributed by atoms with Crippen LogP contribution in [0.15, 0.2) is 36.4 Å². The van der Waals surface area contributed by atoms with Crippen molar-refractivity contribution in [2.75, 3.05) is 20.8 Å². The number of ether oxygens (including phenoxy) is 7. The molecule has 0 aromatic heterocycles. The van der Waals surface area contributed by atoms with E-state index >= 15 is 0 Å². The van der Waals surface area contributed by atoms with Crippen molar-refractivity contribution in [1.82, 2.24) is 0 Å². The summed E-state index contributed by atoms with van der Waals surface area (Å²) in [6.07, 6.45) is -1.73. The molecule has 2 fully saturated rings. The maximum absolute atomic E-state index is 10.9. The topological polar surface area (TPSA) is 108 Å². The third kappa shape index (κ3) is 2.79. The van der Waals surface area contributed by atoms with Gasteiger partial charge in [-0.15, -0.1) is 0 Å². The number of benzene rings is 2. The molecule has 2 aromatic rings. The number of fused-ring (bicyclic) bond motifs is 9. The summed E-state index contributed by atoms with van der Waals surface area (Å²) in [7, 11) is 3.15. The fourth-order valence-electron chi connectivity index (χ4n) is 6.30. The Morgan fingerprint density at radius 2 is 1.86 bits per heavy atom. The molecule has 0 saturated carbocycles. The highest BCUT2D eigenvalue weighted by molar-refractivity contribution is 5.61. The molecule has 9 heteroatoms. The van der Waals surface area contributed by atoms with Crippen molar-refractivity contribution in [3.05, 3.63) is 53.1 Å². The molecule has 9 nitrogen and oxygen atoms in total. The second-order valence-electron chi connectivity index (χ2n) is 10.2. The largest absolute Gasteiger partial charge is 0.493 e. The lowest BCUT2D eigenvalue weighted by molar-refractivity contribution is -0.290. The number of hydrogen-bond acceptors (Lipinski definition) is 9. The van der Waals surface area contributed by atoms with Crippen LogP contribution in [-0.4, -0.2) is 61.4 Å². The van der Waals surface area contributed by atoms with Crippen molar-refractivity contribution < 1.29 is 43.4 Å². The molecule has 7 atom stereocenters. The van der Waals surface area contributed by atoms with Crippen molar-refractivity contribution in [1.29, 1.82) is 0 Å². The summed E-state index contributed by atoms with van der Waals surface area (Å²) in [4.78, 5) is 0. The molecule has 0 amide bonds. The van der Waals surface area contributed by atoms with E-state index in [-0.39, 0.29) is 18.6 Å². The lowest BCUT2D eigenvalue weighted by atomic mass is 9.67. The molecule has 0 radical (unpaired) electrons. The highest BCUT2D eigenvalue weighted by atomic mass is 16.8. The number of aliphatic hydroxyl groups is 2. The minimum atomic E-state index is -1.70. The first-order chi connectivity index (χ1) is 17.3. The summed E-state index contributed by atoms with van der Waals surface area (Å²) in [5, 5.41) is 21.6. The fourth-order valence-corrected chi connectivity index (χ4v) is 6.30. The first-order valence-corrected chi connectivity index (χ1v) is 12.1. The molecule has 0 aliphatic carbocycles. The van der Waals surface area contributed by atoms with E-state index in [9.17, 15) is 10.2 Å². The van der Waals surface area contributed by atoms with Crippen LogP contribution in [0.3, 0.4) is 0 Å². The standard InChI is InChI=1S/C27H28O9/c1-12(2)17-8-14-16(33-17)6-5-15-24(14)34-21-11-32-18-9-20(31-4)19(30-3)7-13(18)23(21)26(15)10-22-27(29,35-22)25(28)36-26/h5-7,9,17,21-23,25,28-29H,1,8,10-11H2,2-4H3/t17-,21-,22-,23+,25-,26+,27-/m1/s1. The zero-order chi connectivity index (χ0) is 25.0. The van der Waals surface area contributed by atoms with Gasteiger partial charge >= 0.3 is 0 Å². The van der Waals surface area contributed by atoms with Crippen molar-refractivity contribution >= 4 is 0 Å². The highest BCUT2D eigenvalue weighted by Crippen LogP contribution is 2.64. The zero-order valence-electron chi connectivity index (χ0n) is 20.3. The van der Waals surface area contributed by atoms with Crippen LogP contribution in [0.5, 0.6) is 28.7 Å². The molecule has 190 valence electrons. The molecule has 2 saturated heterocycles. The zero-order valence-corrected chi connectivity index (χ0v) is 20.3. The van der Waals surface area contributed by atoms with Gasteiger partial charge in [-0.25, -0.2) is 0 Å². The SMILES string of the molecule is C=C(C)[C@H]1Cc2c(ccc3c2O[C@@H]2COc4cc(OC)c(OC)cc4[C@@H]2[C@]32C[C@H]3O[C@@]3(O)[C@H](O)O2)O1. The Balaban J connectivity index is 1.43. The highest BCUT2D eigenvalue weighted by Gasteiger charge is 2.72. The molecule has 5 aliphatic rings. The van der Waals surface area contributed by atoms with E-state index in [0.717, 1.165) is 28.0 Å². The van der Waals surface area contributed by atoms with Crippen LogP contribution < -0.4 is 23.7 Å². The average molecular weight is 497 g/mol.